The molecule has 2 saturated carbocycles. The van der Waals surface area contributed by atoms with Crippen LogP contribution in [0.5, 0.6) is 0 Å². The highest BCUT2D eigenvalue weighted by molar-refractivity contribution is 5.76. The summed E-state index contributed by atoms with van der Waals surface area (Å²) in [4.78, 5) is 38.8. The fourth-order valence-corrected chi connectivity index (χ4v) is 6.01. The summed E-state index contributed by atoms with van der Waals surface area (Å²) in [6.07, 6.45) is 20.5. The van der Waals surface area contributed by atoms with Crippen molar-refractivity contribution < 1.29 is 24.3 Å². The second-order valence-corrected chi connectivity index (χ2v) is 11.2. The van der Waals surface area contributed by atoms with Crippen LogP contribution in [0.15, 0.2) is 0 Å². The Morgan fingerprint density at radius 2 is 1.15 bits per heavy atom. The molecule has 0 atom stereocenters. The quantitative estimate of drug-likeness (QED) is 0.503. The van der Waals surface area contributed by atoms with Gasteiger partial charge < -0.3 is 10.2 Å². The van der Waals surface area contributed by atoms with Gasteiger partial charge >= 0.3 is 0 Å². The zero-order valence-electron chi connectivity index (χ0n) is 21.3. The third kappa shape index (κ3) is 8.16. The number of amides is 1. The molecule has 0 unspecified atom stereocenters. The Bertz CT molecular complexity index is 578. The Kier molecular flexibility index (Phi) is 10.5. The predicted octanol–water partition coefficient (Wildman–Crippen LogP) is 5.78. The molecule has 4 rings (SSSR count). The van der Waals surface area contributed by atoms with Gasteiger partial charge in [-0.1, -0.05) is 51.4 Å². The Labute approximate surface area is 206 Å². The molecular weight excluding hydrogens is 432 g/mol. The van der Waals surface area contributed by atoms with E-state index in [1.165, 1.54) is 77.3 Å². The van der Waals surface area contributed by atoms with Crippen LogP contribution in [0.2, 0.25) is 0 Å². The summed E-state index contributed by atoms with van der Waals surface area (Å²) in [7, 11) is 0. The summed E-state index contributed by atoms with van der Waals surface area (Å²) >= 11 is 0. The molecule has 2 heterocycles. The normalized spacial score (nSPS) is 27.6. The largest absolute Gasteiger partial charge is 0.355 e. The van der Waals surface area contributed by atoms with E-state index < -0.39 is 11.6 Å². The summed E-state index contributed by atoms with van der Waals surface area (Å²) in [6.45, 7) is 4.07. The van der Waals surface area contributed by atoms with Gasteiger partial charge in [-0.05, 0) is 57.5 Å². The van der Waals surface area contributed by atoms with E-state index in [0.29, 0.717) is 25.2 Å². The number of likely N-dealkylation sites (tertiary alicyclic amines) is 1. The van der Waals surface area contributed by atoms with Crippen molar-refractivity contribution in [3.63, 3.8) is 0 Å². The van der Waals surface area contributed by atoms with Crippen molar-refractivity contribution in [2.75, 3.05) is 26.2 Å². The lowest BCUT2D eigenvalue weighted by Gasteiger charge is -2.45. The Morgan fingerprint density at radius 3 is 1.71 bits per heavy atom. The average molecular weight is 481 g/mol. The molecule has 0 aromatic carbocycles. The number of carbonyl (C=O) groups is 1. The van der Waals surface area contributed by atoms with Crippen LogP contribution in [0.1, 0.15) is 122 Å². The highest BCUT2D eigenvalue weighted by Crippen LogP contribution is 2.44. The zero-order chi connectivity index (χ0) is 23.5. The van der Waals surface area contributed by atoms with E-state index in [1.807, 2.05) is 0 Å². The lowest BCUT2D eigenvalue weighted by molar-refractivity contribution is -0.662. The maximum Gasteiger partial charge on any atom is 0.234 e. The van der Waals surface area contributed by atoms with Crippen LogP contribution in [-0.2, 0) is 24.3 Å². The number of hydrogen-bond acceptors (Lipinski definition) is 6. The van der Waals surface area contributed by atoms with Gasteiger partial charge in [-0.3, -0.25) is 4.79 Å². The number of carbonyl (C=O) groups excluding carboxylic acids is 1. The minimum atomic E-state index is -0.809. The molecule has 2 spiro atoms. The van der Waals surface area contributed by atoms with Crippen LogP contribution in [0.25, 0.3) is 0 Å². The third-order valence-corrected chi connectivity index (χ3v) is 8.35. The molecule has 2 aliphatic carbocycles. The summed E-state index contributed by atoms with van der Waals surface area (Å²) < 4.78 is 0. The van der Waals surface area contributed by atoms with Gasteiger partial charge in [0.2, 0.25) is 17.5 Å². The number of hydrogen-bond donors (Lipinski definition) is 1. The highest BCUT2D eigenvalue weighted by Gasteiger charge is 2.50. The minimum absolute atomic E-state index is 0.170. The van der Waals surface area contributed by atoms with Gasteiger partial charge in [0.15, 0.2) is 0 Å². The van der Waals surface area contributed by atoms with Gasteiger partial charge in [0, 0.05) is 45.2 Å². The first-order chi connectivity index (χ1) is 16.7. The molecule has 0 radical (unpaired) electrons. The van der Waals surface area contributed by atoms with E-state index in [1.54, 1.807) is 0 Å². The predicted molar refractivity (Wildman–Crippen MR) is 130 cm³/mol. The van der Waals surface area contributed by atoms with Gasteiger partial charge in [-0.25, -0.2) is 0 Å². The van der Waals surface area contributed by atoms with Crippen LogP contribution in [0.4, 0.5) is 0 Å². The molecule has 1 amide bonds. The van der Waals surface area contributed by atoms with Crippen LogP contribution in [-0.4, -0.2) is 48.6 Å². The lowest BCUT2D eigenvalue weighted by Crippen LogP contribution is -2.52. The molecule has 4 fully saturated rings. The van der Waals surface area contributed by atoms with E-state index >= 15 is 0 Å². The molecule has 0 aromatic heterocycles. The average Bonchev–Trinajstić information content (AvgIpc) is 2.85. The van der Waals surface area contributed by atoms with Gasteiger partial charge in [0.05, 0.1) is 0 Å². The first-order valence-electron chi connectivity index (χ1n) is 14.4. The lowest BCUT2D eigenvalue weighted by atomic mass is 9.83. The minimum Gasteiger partial charge on any atom is -0.355 e. The number of rotatable bonds is 5. The first kappa shape index (κ1) is 26.3. The molecule has 7 nitrogen and oxygen atoms in total. The molecular formula is C27H48N2O5. The highest BCUT2D eigenvalue weighted by atomic mass is 17.4. The maximum absolute atomic E-state index is 12.4. The van der Waals surface area contributed by atoms with Gasteiger partial charge in [0.25, 0.3) is 0 Å². The van der Waals surface area contributed by atoms with Crippen LogP contribution < -0.4 is 5.32 Å². The monoisotopic (exact) mass is 480 g/mol. The Balaban J connectivity index is 1.15. The van der Waals surface area contributed by atoms with Crippen molar-refractivity contribution >= 4 is 5.91 Å². The molecule has 0 aromatic rings. The molecule has 0 bridgehead atoms. The van der Waals surface area contributed by atoms with E-state index in [-0.39, 0.29) is 5.91 Å². The second-order valence-electron chi connectivity index (χ2n) is 11.2. The Morgan fingerprint density at radius 1 is 0.676 bits per heavy atom. The third-order valence-electron chi connectivity index (χ3n) is 8.35. The van der Waals surface area contributed by atoms with Crippen LogP contribution in [0, 0.1) is 5.92 Å². The van der Waals surface area contributed by atoms with Crippen molar-refractivity contribution in [3.05, 3.63) is 0 Å². The number of nitrogens with one attached hydrogen (secondary N) is 1. The van der Waals surface area contributed by atoms with E-state index in [4.69, 9.17) is 19.6 Å². The number of piperidine rings is 1. The van der Waals surface area contributed by atoms with Crippen LogP contribution in [0.3, 0.4) is 0 Å². The van der Waals surface area contributed by atoms with Gasteiger partial charge in [-0.15, -0.1) is 0 Å². The standard InChI is InChI=1S/C27H48N2O5/c30-25(28-19-22-29-20-11-8-12-21-29)23-24-13-17-27(18-14-24)33-31-26(32-34-27)15-9-6-4-2-1-3-5-7-10-16-26/h24H,1-23H2,(H,28,30). The zero-order valence-corrected chi connectivity index (χ0v) is 21.3. The van der Waals surface area contributed by atoms with E-state index in [2.05, 4.69) is 10.2 Å². The maximum atomic E-state index is 12.4. The molecule has 2 aliphatic heterocycles. The second kappa shape index (κ2) is 13.5. The summed E-state index contributed by atoms with van der Waals surface area (Å²) in [5.74, 6) is -1.03. The molecule has 1 N–H and O–H groups in total. The number of nitrogens with zero attached hydrogens (tertiary/aromatic N) is 1. The first-order valence-corrected chi connectivity index (χ1v) is 14.4. The Hall–Kier alpha value is -0.730. The topological polar surface area (TPSA) is 69.3 Å². The molecule has 4 aliphatic rings. The van der Waals surface area contributed by atoms with Crippen molar-refractivity contribution in [1.29, 1.82) is 0 Å². The van der Waals surface area contributed by atoms with Crippen molar-refractivity contribution in [2.45, 2.75) is 134 Å². The molecule has 196 valence electrons. The molecule has 2 saturated heterocycles. The van der Waals surface area contributed by atoms with Crippen molar-refractivity contribution in [2.24, 2.45) is 5.92 Å². The summed E-state index contributed by atoms with van der Waals surface area (Å²) in [6, 6.07) is 0. The molecule has 7 heteroatoms. The van der Waals surface area contributed by atoms with Crippen molar-refractivity contribution in [1.82, 2.24) is 10.2 Å². The SMILES string of the molecule is O=C(CC1CCC2(CC1)OOC1(CCCCCCCCCCC1)OO2)NCCN1CCCCC1. The fraction of sp³-hybridized carbons (Fsp3) is 0.963. The van der Waals surface area contributed by atoms with Crippen LogP contribution >= 0.6 is 0 Å². The molecule has 34 heavy (non-hydrogen) atoms. The van der Waals surface area contributed by atoms with Crippen molar-refractivity contribution in [3.8, 4) is 0 Å². The van der Waals surface area contributed by atoms with E-state index in [0.717, 1.165) is 51.6 Å². The smallest absolute Gasteiger partial charge is 0.234 e. The van der Waals surface area contributed by atoms with E-state index in [9.17, 15) is 4.79 Å². The summed E-state index contributed by atoms with van der Waals surface area (Å²) in [5.41, 5.74) is 0. The van der Waals surface area contributed by atoms with Gasteiger partial charge in [0.1, 0.15) is 0 Å². The fourth-order valence-electron chi connectivity index (χ4n) is 6.01. The van der Waals surface area contributed by atoms with Gasteiger partial charge in [-0.2, -0.15) is 19.6 Å². The summed E-state index contributed by atoms with van der Waals surface area (Å²) in [5, 5.41) is 3.12.